The van der Waals surface area contributed by atoms with Crippen LogP contribution in [-0.4, -0.2) is 19.3 Å². The zero-order valence-electron chi connectivity index (χ0n) is 9.95. The molecule has 100 valence electrons. The maximum atomic E-state index is 11.6. The highest BCUT2D eigenvalue weighted by molar-refractivity contribution is 7.89. The Hall–Kier alpha value is -1.77. The third-order valence-electron chi connectivity index (χ3n) is 2.27. The van der Waals surface area contributed by atoms with Crippen molar-refractivity contribution in [1.29, 1.82) is 0 Å². The second-order valence-corrected chi connectivity index (χ2v) is 6.20. The normalized spacial score (nSPS) is 11.3. The molecule has 0 atom stereocenters. The summed E-state index contributed by atoms with van der Waals surface area (Å²) in [4.78, 5) is 15.0. The molecule has 19 heavy (non-hydrogen) atoms. The smallest absolute Gasteiger partial charge is 0.238 e. The van der Waals surface area contributed by atoms with E-state index in [1.54, 1.807) is 23.7 Å². The van der Waals surface area contributed by atoms with Gasteiger partial charge in [0.25, 0.3) is 0 Å². The lowest BCUT2D eigenvalue weighted by Gasteiger charge is -2.08. The molecule has 0 aliphatic rings. The van der Waals surface area contributed by atoms with Crippen molar-refractivity contribution >= 4 is 33.0 Å². The number of carbonyl (C=O) groups is 1. The number of hydrogen-bond donors (Lipinski definition) is 2. The number of amides is 1. The van der Waals surface area contributed by atoms with Crippen LogP contribution in [0.15, 0.2) is 34.7 Å². The molecule has 0 spiro atoms. The Labute approximate surface area is 114 Å². The lowest BCUT2D eigenvalue weighted by atomic mass is 10.2. The van der Waals surface area contributed by atoms with E-state index < -0.39 is 10.0 Å². The van der Waals surface area contributed by atoms with E-state index >= 15 is 0 Å². The van der Waals surface area contributed by atoms with Crippen molar-refractivity contribution in [3.8, 4) is 10.6 Å². The number of primary sulfonamides is 1. The molecule has 0 saturated heterocycles. The first kappa shape index (κ1) is 13.7. The molecule has 1 aromatic heterocycles. The number of rotatable bonds is 3. The van der Waals surface area contributed by atoms with Gasteiger partial charge in [0.05, 0.1) is 4.90 Å². The summed E-state index contributed by atoms with van der Waals surface area (Å²) in [5.41, 5.74) is 0.795. The third-order valence-corrected chi connectivity index (χ3v) is 4.03. The molecule has 0 radical (unpaired) electrons. The lowest BCUT2D eigenvalue weighted by molar-refractivity contribution is -0.114. The number of benzene rings is 1. The molecule has 3 N–H and O–H groups in total. The van der Waals surface area contributed by atoms with Crippen molar-refractivity contribution in [1.82, 2.24) is 4.98 Å². The van der Waals surface area contributed by atoms with Crippen molar-refractivity contribution in [3.63, 3.8) is 0 Å². The van der Waals surface area contributed by atoms with Crippen LogP contribution < -0.4 is 10.5 Å². The third kappa shape index (κ3) is 3.16. The second kappa shape index (κ2) is 5.08. The van der Waals surface area contributed by atoms with Gasteiger partial charge < -0.3 is 5.32 Å². The van der Waals surface area contributed by atoms with Crippen LogP contribution in [-0.2, 0) is 14.8 Å². The molecule has 0 bridgehead atoms. The summed E-state index contributed by atoms with van der Waals surface area (Å²) >= 11 is 1.31. The molecule has 1 heterocycles. The Morgan fingerprint density at radius 1 is 1.42 bits per heavy atom. The Morgan fingerprint density at radius 3 is 2.68 bits per heavy atom. The number of nitrogens with one attached hydrogen (secondary N) is 1. The van der Waals surface area contributed by atoms with Crippen LogP contribution in [0.4, 0.5) is 5.69 Å². The summed E-state index contributed by atoms with van der Waals surface area (Å²) in [7, 11) is -3.90. The van der Waals surface area contributed by atoms with Crippen molar-refractivity contribution in [2.75, 3.05) is 5.32 Å². The van der Waals surface area contributed by atoms with Crippen molar-refractivity contribution in [3.05, 3.63) is 29.8 Å². The predicted octanol–water partition coefficient (Wildman–Crippen LogP) is 1.42. The summed E-state index contributed by atoms with van der Waals surface area (Å²) in [5, 5.41) is 10.0. The van der Waals surface area contributed by atoms with Crippen LogP contribution in [0.1, 0.15) is 6.92 Å². The number of aromatic nitrogens is 1. The summed E-state index contributed by atoms with van der Waals surface area (Å²) in [5.74, 6) is -0.289. The van der Waals surface area contributed by atoms with Gasteiger partial charge in [-0.05, 0) is 18.2 Å². The van der Waals surface area contributed by atoms with Crippen LogP contribution in [0.3, 0.4) is 0 Å². The molecule has 8 heteroatoms. The first-order valence-electron chi connectivity index (χ1n) is 5.22. The minimum Gasteiger partial charge on any atom is -0.326 e. The Bertz CT molecular complexity index is 709. The van der Waals surface area contributed by atoms with E-state index in [0.29, 0.717) is 16.3 Å². The average molecular weight is 297 g/mol. The highest BCUT2D eigenvalue weighted by Crippen LogP contribution is 2.30. The highest BCUT2D eigenvalue weighted by Gasteiger charge is 2.17. The highest BCUT2D eigenvalue weighted by atomic mass is 32.2. The van der Waals surface area contributed by atoms with E-state index in [0.717, 1.165) is 0 Å². The molecule has 2 aromatic rings. The fourth-order valence-corrected chi connectivity index (χ4v) is 3.08. The minimum absolute atomic E-state index is 0.0614. The topological polar surface area (TPSA) is 102 Å². The quantitative estimate of drug-likeness (QED) is 0.894. The van der Waals surface area contributed by atoms with Gasteiger partial charge in [-0.3, -0.25) is 4.79 Å². The molecular weight excluding hydrogens is 286 g/mol. The summed E-state index contributed by atoms with van der Waals surface area (Å²) in [6, 6.07) is 4.50. The standard InChI is InChI=1S/C11H11N3O3S2/c1-7(15)14-8-2-3-9(11-13-4-5-18-11)10(6-8)19(12,16)17/h2-6H,1H3,(H,14,15)(H2,12,16,17). The van der Waals surface area contributed by atoms with E-state index in [4.69, 9.17) is 5.14 Å². The molecular formula is C11H11N3O3S2. The average Bonchev–Trinajstić information content (AvgIpc) is 2.80. The lowest BCUT2D eigenvalue weighted by Crippen LogP contribution is -2.14. The van der Waals surface area contributed by atoms with Gasteiger partial charge in [-0.2, -0.15) is 0 Å². The maximum Gasteiger partial charge on any atom is 0.238 e. The van der Waals surface area contributed by atoms with E-state index in [1.807, 2.05) is 0 Å². The number of thiazole rings is 1. The number of hydrogen-bond acceptors (Lipinski definition) is 5. The molecule has 0 fully saturated rings. The summed E-state index contributed by atoms with van der Waals surface area (Å²) < 4.78 is 23.3. The monoisotopic (exact) mass is 297 g/mol. The molecule has 0 unspecified atom stereocenters. The van der Waals surface area contributed by atoms with Crippen molar-refractivity contribution in [2.45, 2.75) is 11.8 Å². The van der Waals surface area contributed by atoms with Gasteiger partial charge >= 0.3 is 0 Å². The molecule has 0 saturated carbocycles. The Morgan fingerprint density at radius 2 is 2.16 bits per heavy atom. The van der Waals surface area contributed by atoms with Gasteiger partial charge in [-0.1, -0.05) is 0 Å². The molecule has 0 aliphatic heterocycles. The number of anilines is 1. The van der Waals surface area contributed by atoms with Crippen molar-refractivity contribution < 1.29 is 13.2 Å². The van der Waals surface area contributed by atoms with Crippen LogP contribution in [0.25, 0.3) is 10.6 Å². The van der Waals surface area contributed by atoms with Crippen molar-refractivity contribution in [2.24, 2.45) is 5.14 Å². The fourth-order valence-electron chi connectivity index (χ4n) is 1.57. The van der Waals surface area contributed by atoms with Gasteiger partial charge in [0, 0.05) is 29.8 Å². The van der Waals surface area contributed by atoms with Crippen LogP contribution in [0.5, 0.6) is 0 Å². The minimum atomic E-state index is -3.90. The number of nitrogens with zero attached hydrogens (tertiary/aromatic N) is 1. The molecule has 6 nitrogen and oxygen atoms in total. The molecule has 2 rings (SSSR count). The van der Waals surface area contributed by atoms with E-state index in [9.17, 15) is 13.2 Å². The largest absolute Gasteiger partial charge is 0.326 e. The number of sulfonamides is 1. The first-order valence-corrected chi connectivity index (χ1v) is 7.65. The predicted molar refractivity (Wildman–Crippen MR) is 73.2 cm³/mol. The van der Waals surface area contributed by atoms with Crippen LogP contribution in [0, 0.1) is 0 Å². The van der Waals surface area contributed by atoms with E-state index in [1.165, 1.54) is 24.3 Å². The molecule has 1 aromatic carbocycles. The van der Waals surface area contributed by atoms with Gasteiger partial charge in [0.1, 0.15) is 5.01 Å². The summed E-state index contributed by atoms with van der Waals surface area (Å²) in [6.07, 6.45) is 1.58. The first-order chi connectivity index (χ1) is 8.88. The number of nitrogens with two attached hydrogens (primary N) is 1. The SMILES string of the molecule is CC(=O)Nc1ccc(-c2nccs2)c(S(N)(=O)=O)c1. The number of carbonyl (C=O) groups excluding carboxylic acids is 1. The second-order valence-electron chi connectivity index (χ2n) is 3.77. The fraction of sp³-hybridized carbons (Fsp3) is 0.0909. The molecule has 0 aliphatic carbocycles. The van der Waals surface area contributed by atoms with Gasteiger partial charge in [-0.15, -0.1) is 11.3 Å². The maximum absolute atomic E-state index is 11.6. The van der Waals surface area contributed by atoms with Crippen LogP contribution >= 0.6 is 11.3 Å². The van der Waals surface area contributed by atoms with Crippen LogP contribution in [0.2, 0.25) is 0 Å². The zero-order valence-corrected chi connectivity index (χ0v) is 11.6. The Kier molecular flexibility index (Phi) is 3.65. The van der Waals surface area contributed by atoms with Gasteiger partial charge in [-0.25, -0.2) is 18.5 Å². The Balaban J connectivity index is 2.59. The van der Waals surface area contributed by atoms with E-state index in [2.05, 4.69) is 10.3 Å². The van der Waals surface area contributed by atoms with Gasteiger partial charge in [0.15, 0.2) is 0 Å². The van der Waals surface area contributed by atoms with Gasteiger partial charge in [0.2, 0.25) is 15.9 Å². The summed E-state index contributed by atoms with van der Waals surface area (Å²) in [6.45, 7) is 1.34. The molecule has 1 amide bonds. The zero-order chi connectivity index (χ0) is 14.0. The van der Waals surface area contributed by atoms with E-state index in [-0.39, 0.29) is 10.8 Å².